The number of rotatable bonds is 2. The first-order valence-electron chi connectivity index (χ1n) is 6.16. The summed E-state index contributed by atoms with van der Waals surface area (Å²) in [5.41, 5.74) is 2.17. The van der Waals surface area contributed by atoms with E-state index in [4.69, 9.17) is 0 Å². The molecule has 0 saturated carbocycles. The Labute approximate surface area is 111 Å². The molecule has 0 amide bonds. The minimum Gasteiger partial charge on any atom is -0.351 e. The third-order valence-electron chi connectivity index (χ3n) is 3.32. The number of aromatic nitrogens is 2. The molecule has 1 aliphatic heterocycles. The molecule has 1 aromatic carbocycles. The third kappa shape index (κ3) is 2.23. The lowest BCUT2D eigenvalue weighted by atomic mass is 10.1. The number of nitrogens with zero attached hydrogens (tertiary/aromatic N) is 4. The highest BCUT2D eigenvalue weighted by Crippen LogP contribution is 2.29. The van der Waals surface area contributed by atoms with Crippen molar-refractivity contribution in [3.8, 4) is 11.3 Å². The lowest BCUT2D eigenvalue weighted by Gasteiger charge is -2.32. The minimum absolute atomic E-state index is 1.02. The Hall–Kier alpha value is -1.46. The van der Waals surface area contributed by atoms with Crippen LogP contribution in [-0.4, -0.2) is 46.9 Å². The normalized spacial score (nSPS) is 17.1. The van der Waals surface area contributed by atoms with Gasteiger partial charge >= 0.3 is 0 Å². The molecule has 0 unspecified atom stereocenters. The van der Waals surface area contributed by atoms with Crippen LogP contribution in [0.25, 0.3) is 11.3 Å². The second kappa shape index (κ2) is 5.04. The molecule has 0 N–H and O–H groups in total. The quantitative estimate of drug-likeness (QED) is 0.826. The molecule has 0 spiro atoms. The second-order valence-corrected chi connectivity index (χ2v) is 5.12. The molecule has 0 bridgehead atoms. The number of benzene rings is 1. The van der Waals surface area contributed by atoms with Crippen molar-refractivity contribution in [3.05, 3.63) is 30.3 Å². The number of piperazine rings is 1. The van der Waals surface area contributed by atoms with Crippen molar-refractivity contribution in [1.82, 2.24) is 13.6 Å². The topological polar surface area (TPSA) is 32.3 Å². The molecule has 1 aromatic heterocycles. The summed E-state index contributed by atoms with van der Waals surface area (Å²) in [5.74, 6) is 1.04. The Morgan fingerprint density at radius 1 is 1.00 bits per heavy atom. The van der Waals surface area contributed by atoms with Crippen LogP contribution in [0, 0.1) is 0 Å². The number of anilines is 1. The first-order valence-corrected chi connectivity index (χ1v) is 6.89. The lowest BCUT2D eigenvalue weighted by Crippen LogP contribution is -2.44. The van der Waals surface area contributed by atoms with E-state index in [0.29, 0.717) is 0 Å². The van der Waals surface area contributed by atoms with Gasteiger partial charge < -0.3 is 9.80 Å². The number of likely N-dealkylation sites (N-methyl/N-ethyl adjacent to an activating group) is 1. The largest absolute Gasteiger partial charge is 0.351 e. The van der Waals surface area contributed by atoms with Crippen LogP contribution in [0.1, 0.15) is 0 Å². The van der Waals surface area contributed by atoms with Gasteiger partial charge in [0.15, 0.2) is 5.82 Å². The van der Waals surface area contributed by atoms with E-state index >= 15 is 0 Å². The Bertz CT molecular complexity index is 503. The summed E-state index contributed by atoms with van der Waals surface area (Å²) in [5, 5.41) is 0. The fourth-order valence-electron chi connectivity index (χ4n) is 2.19. The monoisotopic (exact) mass is 260 g/mol. The van der Waals surface area contributed by atoms with Crippen molar-refractivity contribution in [1.29, 1.82) is 0 Å². The average Bonchev–Trinajstić information content (AvgIpc) is 2.90. The number of hydrogen-bond acceptors (Lipinski definition) is 5. The molecule has 1 fully saturated rings. The zero-order valence-corrected chi connectivity index (χ0v) is 11.2. The van der Waals surface area contributed by atoms with Gasteiger partial charge in [0, 0.05) is 31.7 Å². The molecular formula is C13H16N4S. The van der Waals surface area contributed by atoms with Gasteiger partial charge in [-0.2, -0.15) is 8.75 Å². The van der Waals surface area contributed by atoms with Crippen molar-refractivity contribution in [3.63, 3.8) is 0 Å². The predicted octanol–water partition coefficient (Wildman–Crippen LogP) is 1.96. The van der Waals surface area contributed by atoms with Gasteiger partial charge in [-0.3, -0.25) is 0 Å². The molecule has 0 atom stereocenters. The van der Waals surface area contributed by atoms with Crippen molar-refractivity contribution in [2.24, 2.45) is 0 Å². The van der Waals surface area contributed by atoms with E-state index in [1.165, 1.54) is 11.7 Å². The SMILES string of the molecule is CN1CCN(c2nsnc2-c2ccccc2)CC1. The van der Waals surface area contributed by atoms with E-state index < -0.39 is 0 Å². The summed E-state index contributed by atoms with van der Waals surface area (Å²) in [4.78, 5) is 4.68. The molecule has 1 aliphatic rings. The van der Waals surface area contributed by atoms with Crippen molar-refractivity contribution >= 4 is 17.5 Å². The summed E-state index contributed by atoms with van der Waals surface area (Å²) >= 11 is 1.30. The van der Waals surface area contributed by atoms with Crippen LogP contribution >= 0.6 is 11.7 Å². The maximum absolute atomic E-state index is 4.48. The molecule has 0 aliphatic carbocycles. The zero-order chi connectivity index (χ0) is 12.4. The average molecular weight is 260 g/mol. The van der Waals surface area contributed by atoms with Gasteiger partial charge in [0.25, 0.3) is 0 Å². The molecular weight excluding hydrogens is 244 g/mol. The standard InChI is InChI=1S/C13H16N4S/c1-16-7-9-17(10-8-16)13-12(14-18-15-13)11-5-3-2-4-6-11/h2-6H,7-10H2,1H3. The summed E-state index contributed by atoms with van der Waals surface area (Å²) in [6.07, 6.45) is 0. The Balaban J connectivity index is 1.88. The van der Waals surface area contributed by atoms with E-state index in [1.807, 2.05) is 18.2 Å². The van der Waals surface area contributed by atoms with E-state index in [1.54, 1.807) is 0 Å². The highest BCUT2D eigenvalue weighted by molar-refractivity contribution is 6.99. The van der Waals surface area contributed by atoms with Crippen LogP contribution in [0.3, 0.4) is 0 Å². The molecule has 4 nitrogen and oxygen atoms in total. The van der Waals surface area contributed by atoms with E-state index in [-0.39, 0.29) is 0 Å². The first-order chi connectivity index (χ1) is 8.84. The highest BCUT2D eigenvalue weighted by Gasteiger charge is 2.20. The van der Waals surface area contributed by atoms with Crippen LogP contribution in [0.5, 0.6) is 0 Å². The van der Waals surface area contributed by atoms with Crippen LogP contribution in [-0.2, 0) is 0 Å². The molecule has 2 heterocycles. The van der Waals surface area contributed by atoms with E-state index in [2.05, 4.69) is 37.7 Å². The molecule has 3 rings (SSSR count). The van der Waals surface area contributed by atoms with Gasteiger partial charge in [-0.1, -0.05) is 30.3 Å². The minimum atomic E-state index is 1.02. The summed E-state index contributed by atoms with van der Waals surface area (Å²) < 4.78 is 8.94. The summed E-state index contributed by atoms with van der Waals surface area (Å²) in [6, 6.07) is 10.3. The molecule has 1 saturated heterocycles. The fourth-order valence-corrected chi connectivity index (χ4v) is 2.78. The third-order valence-corrected chi connectivity index (χ3v) is 3.84. The summed E-state index contributed by atoms with van der Waals surface area (Å²) in [6.45, 7) is 4.24. The Kier molecular flexibility index (Phi) is 3.25. The van der Waals surface area contributed by atoms with Gasteiger partial charge in [-0.05, 0) is 7.05 Å². The van der Waals surface area contributed by atoms with Gasteiger partial charge in [-0.25, -0.2) is 0 Å². The fraction of sp³-hybridized carbons (Fsp3) is 0.385. The Morgan fingerprint density at radius 3 is 2.44 bits per heavy atom. The predicted molar refractivity (Wildman–Crippen MR) is 75.1 cm³/mol. The molecule has 18 heavy (non-hydrogen) atoms. The van der Waals surface area contributed by atoms with Crippen molar-refractivity contribution < 1.29 is 0 Å². The van der Waals surface area contributed by atoms with Gasteiger partial charge in [0.2, 0.25) is 0 Å². The van der Waals surface area contributed by atoms with Crippen LogP contribution in [0.15, 0.2) is 30.3 Å². The van der Waals surface area contributed by atoms with Crippen molar-refractivity contribution in [2.45, 2.75) is 0 Å². The number of hydrogen-bond donors (Lipinski definition) is 0. The van der Waals surface area contributed by atoms with E-state index in [0.717, 1.165) is 43.3 Å². The second-order valence-electron chi connectivity index (χ2n) is 4.59. The van der Waals surface area contributed by atoms with Crippen LogP contribution in [0.2, 0.25) is 0 Å². The lowest BCUT2D eigenvalue weighted by molar-refractivity contribution is 0.312. The van der Waals surface area contributed by atoms with Crippen LogP contribution in [0.4, 0.5) is 5.82 Å². The smallest absolute Gasteiger partial charge is 0.170 e. The molecule has 5 heteroatoms. The van der Waals surface area contributed by atoms with Crippen LogP contribution < -0.4 is 4.90 Å². The van der Waals surface area contributed by atoms with Gasteiger partial charge in [0.1, 0.15) is 5.69 Å². The zero-order valence-electron chi connectivity index (χ0n) is 10.4. The highest BCUT2D eigenvalue weighted by atomic mass is 32.1. The first kappa shape index (κ1) is 11.6. The van der Waals surface area contributed by atoms with E-state index in [9.17, 15) is 0 Å². The van der Waals surface area contributed by atoms with Gasteiger partial charge in [0.05, 0.1) is 11.7 Å². The Morgan fingerprint density at radius 2 is 1.72 bits per heavy atom. The summed E-state index contributed by atoms with van der Waals surface area (Å²) in [7, 11) is 2.16. The maximum atomic E-state index is 4.48. The van der Waals surface area contributed by atoms with Crippen molar-refractivity contribution in [2.75, 3.05) is 38.1 Å². The molecule has 94 valence electrons. The molecule has 2 aromatic rings. The maximum Gasteiger partial charge on any atom is 0.170 e. The van der Waals surface area contributed by atoms with Gasteiger partial charge in [-0.15, -0.1) is 0 Å². The molecule has 0 radical (unpaired) electrons.